The van der Waals surface area contributed by atoms with Crippen molar-refractivity contribution in [3.05, 3.63) is 24.0 Å². The summed E-state index contributed by atoms with van der Waals surface area (Å²) in [6.07, 6.45) is 5.00. The highest BCUT2D eigenvalue weighted by Gasteiger charge is 2.07. The van der Waals surface area contributed by atoms with Gasteiger partial charge in [0.05, 0.1) is 6.33 Å². The van der Waals surface area contributed by atoms with Crippen molar-refractivity contribution >= 4 is 28.4 Å². The lowest BCUT2D eigenvalue weighted by Gasteiger charge is -1.95. The van der Waals surface area contributed by atoms with Crippen LogP contribution in [0.25, 0.3) is 16.8 Å². The van der Waals surface area contributed by atoms with Gasteiger partial charge in [-0.2, -0.15) is 4.98 Å². The van der Waals surface area contributed by atoms with Gasteiger partial charge < -0.3 is 4.98 Å². The zero-order valence-electron chi connectivity index (χ0n) is 6.40. The van der Waals surface area contributed by atoms with Gasteiger partial charge in [0.2, 0.25) is 5.28 Å². The summed E-state index contributed by atoms with van der Waals surface area (Å²) in [6.45, 7) is 0. The van der Waals surface area contributed by atoms with Crippen molar-refractivity contribution in [2.75, 3.05) is 0 Å². The minimum absolute atomic E-state index is 0.368. The van der Waals surface area contributed by atoms with Crippen LogP contribution < -0.4 is 0 Å². The highest BCUT2D eigenvalue weighted by atomic mass is 35.5. The van der Waals surface area contributed by atoms with Gasteiger partial charge in [-0.25, -0.2) is 9.97 Å². The molecule has 0 spiro atoms. The summed E-state index contributed by atoms with van der Waals surface area (Å²) in [6, 6.07) is 0. The Bertz CT molecular complexity index is 581. The van der Waals surface area contributed by atoms with Crippen molar-refractivity contribution in [3.8, 4) is 0 Å². The molecule has 0 saturated carbocycles. The minimum atomic E-state index is 0.368. The summed E-state index contributed by atoms with van der Waals surface area (Å²) in [5.41, 5.74) is 2.13. The van der Waals surface area contributed by atoms with Crippen LogP contribution in [0.3, 0.4) is 0 Å². The summed E-state index contributed by atoms with van der Waals surface area (Å²) in [5.74, 6) is 0. The molecule has 0 aliphatic heterocycles. The second-order valence-electron chi connectivity index (χ2n) is 2.60. The number of nitrogens with zero attached hydrogens (tertiary/aromatic N) is 4. The molecular weight excluding hydrogens is 190 g/mol. The van der Waals surface area contributed by atoms with E-state index >= 15 is 0 Å². The van der Waals surface area contributed by atoms with Gasteiger partial charge in [-0.1, -0.05) is 0 Å². The molecule has 0 saturated heterocycles. The molecule has 3 aromatic rings. The van der Waals surface area contributed by atoms with Crippen LogP contribution in [-0.2, 0) is 0 Å². The number of H-pyrrole nitrogens is 1. The van der Waals surface area contributed by atoms with E-state index in [4.69, 9.17) is 11.6 Å². The lowest BCUT2D eigenvalue weighted by atomic mass is 10.5. The molecule has 3 heterocycles. The highest BCUT2D eigenvalue weighted by molar-refractivity contribution is 6.29. The SMILES string of the molecule is Clc1nc2nc[nH]c2c2nccn12. The quantitative estimate of drug-likeness (QED) is 0.547. The van der Waals surface area contributed by atoms with E-state index in [9.17, 15) is 0 Å². The second kappa shape index (κ2) is 2.20. The summed E-state index contributed by atoms with van der Waals surface area (Å²) in [7, 11) is 0. The number of hydrogen-bond donors (Lipinski definition) is 1. The van der Waals surface area contributed by atoms with Gasteiger partial charge in [-0.3, -0.25) is 4.40 Å². The van der Waals surface area contributed by atoms with Gasteiger partial charge in [0, 0.05) is 12.4 Å². The van der Waals surface area contributed by atoms with Crippen molar-refractivity contribution in [1.29, 1.82) is 0 Å². The molecule has 0 fully saturated rings. The molecule has 0 radical (unpaired) electrons. The van der Waals surface area contributed by atoms with Crippen molar-refractivity contribution < 1.29 is 0 Å². The molecule has 1 N–H and O–H groups in total. The molecule has 3 rings (SSSR count). The molecule has 3 aromatic heterocycles. The van der Waals surface area contributed by atoms with E-state index in [1.165, 1.54) is 0 Å². The van der Waals surface area contributed by atoms with Crippen molar-refractivity contribution in [2.45, 2.75) is 0 Å². The summed E-state index contributed by atoms with van der Waals surface area (Å²) < 4.78 is 1.70. The lowest BCUT2D eigenvalue weighted by Crippen LogP contribution is -1.91. The fourth-order valence-corrected chi connectivity index (χ4v) is 1.53. The number of nitrogens with one attached hydrogen (secondary N) is 1. The number of rotatable bonds is 0. The number of aromatic amines is 1. The fraction of sp³-hybridized carbons (Fsp3) is 0. The van der Waals surface area contributed by atoms with E-state index in [-0.39, 0.29) is 0 Å². The zero-order valence-corrected chi connectivity index (χ0v) is 7.15. The van der Waals surface area contributed by atoms with E-state index < -0.39 is 0 Å². The number of imidazole rings is 2. The Hall–Kier alpha value is -1.62. The van der Waals surface area contributed by atoms with E-state index in [1.54, 1.807) is 23.1 Å². The van der Waals surface area contributed by atoms with E-state index in [0.717, 1.165) is 11.2 Å². The third kappa shape index (κ3) is 0.790. The Balaban J connectivity index is 2.70. The molecule has 0 unspecified atom stereocenters. The van der Waals surface area contributed by atoms with Gasteiger partial charge in [0.25, 0.3) is 0 Å². The molecule has 13 heavy (non-hydrogen) atoms. The first kappa shape index (κ1) is 6.85. The van der Waals surface area contributed by atoms with Crippen molar-refractivity contribution in [3.63, 3.8) is 0 Å². The van der Waals surface area contributed by atoms with Gasteiger partial charge in [0.15, 0.2) is 11.3 Å². The van der Waals surface area contributed by atoms with Crippen molar-refractivity contribution in [1.82, 2.24) is 24.3 Å². The Morgan fingerprint density at radius 2 is 2.31 bits per heavy atom. The molecule has 6 heteroatoms. The Morgan fingerprint density at radius 3 is 3.23 bits per heavy atom. The van der Waals surface area contributed by atoms with Gasteiger partial charge in [0.1, 0.15) is 5.52 Å². The third-order valence-corrected chi connectivity index (χ3v) is 2.15. The van der Waals surface area contributed by atoms with Gasteiger partial charge >= 0.3 is 0 Å². The molecule has 0 bridgehead atoms. The van der Waals surface area contributed by atoms with Crippen LogP contribution in [0.15, 0.2) is 18.7 Å². The van der Waals surface area contributed by atoms with Crippen LogP contribution in [0.4, 0.5) is 0 Å². The average molecular weight is 194 g/mol. The van der Waals surface area contributed by atoms with E-state index in [0.29, 0.717) is 10.9 Å². The first-order valence-electron chi connectivity index (χ1n) is 3.68. The molecule has 0 atom stereocenters. The predicted molar refractivity (Wildman–Crippen MR) is 47.6 cm³/mol. The normalized spacial score (nSPS) is 11.5. The molecule has 0 aromatic carbocycles. The van der Waals surface area contributed by atoms with Gasteiger partial charge in [-0.05, 0) is 11.6 Å². The standard InChI is InChI=1S/C7H4ClN5/c8-7-12-5-4(10-3-11-5)6-9-1-2-13(6)7/h1-3H,(H,10,11). The molecule has 5 nitrogen and oxygen atoms in total. The highest BCUT2D eigenvalue weighted by Crippen LogP contribution is 2.16. The van der Waals surface area contributed by atoms with Crippen LogP contribution in [0, 0.1) is 0 Å². The largest absolute Gasteiger partial charge is 0.340 e. The average Bonchev–Trinajstić information content (AvgIpc) is 2.66. The number of aromatic nitrogens is 5. The molecular formula is C7H4ClN5. The topological polar surface area (TPSA) is 58.9 Å². The first-order valence-corrected chi connectivity index (χ1v) is 4.06. The Morgan fingerprint density at radius 1 is 1.38 bits per heavy atom. The summed E-state index contributed by atoms with van der Waals surface area (Å²) >= 11 is 5.89. The lowest BCUT2D eigenvalue weighted by molar-refractivity contribution is 1.11. The number of fused-ring (bicyclic) bond motifs is 3. The van der Waals surface area contributed by atoms with Gasteiger partial charge in [-0.15, -0.1) is 0 Å². The maximum absolute atomic E-state index is 5.89. The minimum Gasteiger partial charge on any atom is -0.340 e. The zero-order chi connectivity index (χ0) is 8.84. The van der Waals surface area contributed by atoms with Crippen molar-refractivity contribution in [2.24, 2.45) is 0 Å². The Labute approximate surface area is 77.4 Å². The second-order valence-corrected chi connectivity index (χ2v) is 2.94. The number of halogens is 1. The number of hydrogen-bond acceptors (Lipinski definition) is 3. The fourth-order valence-electron chi connectivity index (χ4n) is 1.31. The monoisotopic (exact) mass is 193 g/mol. The predicted octanol–water partition coefficient (Wildman–Crippen LogP) is 1.26. The van der Waals surface area contributed by atoms with E-state index in [1.807, 2.05) is 0 Å². The first-order chi connectivity index (χ1) is 6.36. The molecule has 0 aliphatic rings. The third-order valence-electron chi connectivity index (χ3n) is 1.88. The van der Waals surface area contributed by atoms with E-state index in [2.05, 4.69) is 19.9 Å². The maximum atomic E-state index is 5.89. The van der Waals surface area contributed by atoms with Crippen LogP contribution in [0.1, 0.15) is 0 Å². The summed E-state index contributed by atoms with van der Waals surface area (Å²) in [4.78, 5) is 15.2. The van der Waals surface area contributed by atoms with Crippen LogP contribution >= 0.6 is 11.6 Å². The van der Waals surface area contributed by atoms with Crippen LogP contribution in [0.2, 0.25) is 5.28 Å². The molecule has 64 valence electrons. The molecule has 0 aliphatic carbocycles. The Kier molecular flexibility index (Phi) is 1.16. The molecule has 0 amide bonds. The summed E-state index contributed by atoms with van der Waals surface area (Å²) in [5, 5.41) is 0.368. The smallest absolute Gasteiger partial charge is 0.210 e. The maximum Gasteiger partial charge on any atom is 0.210 e. The van der Waals surface area contributed by atoms with Crippen LogP contribution in [0.5, 0.6) is 0 Å². The van der Waals surface area contributed by atoms with Crippen LogP contribution in [-0.4, -0.2) is 24.3 Å².